The second-order valence-electron chi connectivity index (χ2n) is 9.86. The Kier molecular flexibility index (Phi) is 10.5. The highest BCUT2D eigenvalue weighted by molar-refractivity contribution is 6.06. The van der Waals surface area contributed by atoms with E-state index in [-0.39, 0.29) is 17.1 Å². The molecule has 4 aromatic rings. The van der Waals surface area contributed by atoms with Crippen molar-refractivity contribution in [2.75, 3.05) is 28.2 Å². The molecule has 0 aliphatic rings. The first-order valence-electron chi connectivity index (χ1n) is 14.5. The van der Waals surface area contributed by atoms with Gasteiger partial charge in [0.2, 0.25) is 0 Å². The molecule has 0 saturated heterocycles. The molecule has 0 fully saturated rings. The number of nitrogens with zero attached hydrogens (tertiary/aromatic N) is 3. The number of carbonyl (C=O) groups excluding carboxylic acids is 2. The number of carbonyl (C=O) groups is 2. The third kappa shape index (κ3) is 7.15. The van der Waals surface area contributed by atoms with Crippen LogP contribution in [0.5, 0.6) is 11.5 Å². The number of pyridine rings is 1. The number of aromatic hydroxyl groups is 1. The van der Waals surface area contributed by atoms with Crippen LogP contribution in [0, 0.1) is 12.3 Å². The topological polar surface area (TPSA) is 128 Å². The van der Waals surface area contributed by atoms with Gasteiger partial charge in [0.05, 0.1) is 22.8 Å². The fourth-order valence-corrected chi connectivity index (χ4v) is 4.86. The summed E-state index contributed by atoms with van der Waals surface area (Å²) in [4.78, 5) is 35.4. The minimum Gasteiger partial charge on any atom is -0.506 e. The Morgan fingerprint density at radius 3 is 2.20 bits per heavy atom. The van der Waals surface area contributed by atoms with Crippen LogP contribution in [0.1, 0.15) is 54.9 Å². The smallest absolute Gasteiger partial charge is 0.424 e. The fraction of sp³-hybridized carbons (Fsp3) is 0.235. The molecule has 1 aromatic heterocycles. The molecule has 1 atom stereocenters. The zero-order valence-electron chi connectivity index (χ0n) is 25.3. The van der Waals surface area contributed by atoms with Crippen LogP contribution in [0.4, 0.5) is 27.7 Å². The first kappa shape index (κ1) is 31.6. The number of amides is 2. The van der Waals surface area contributed by atoms with Gasteiger partial charge in [-0.15, -0.1) is 0 Å². The molecule has 2 amide bonds. The van der Waals surface area contributed by atoms with Gasteiger partial charge in [-0.25, -0.2) is 14.7 Å². The summed E-state index contributed by atoms with van der Waals surface area (Å²) in [6.07, 6.45) is -0.216. The molecule has 3 aromatic carbocycles. The lowest BCUT2D eigenvalue weighted by Gasteiger charge is -2.29. The lowest BCUT2D eigenvalue weighted by atomic mass is 10.0. The van der Waals surface area contributed by atoms with E-state index in [2.05, 4.69) is 10.2 Å². The zero-order valence-corrected chi connectivity index (χ0v) is 25.3. The van der Waals surface area contributed by atoms with Crippen molar-refractivity contribution in [3.05, 3.63) is 102 Å². The quantitative estimate of drug-likeness (QED) is 0.0874. The Balaban J connectivity index is 1.92. The Morgan fingerprint density at radius 2 is 1.61 bits per heavy atom. The molecule has 3 N–H and O–H groups in total. The molecule has 10 nitrogen and oxygen atoms in total. The van der Waals surface area contributed by atoms with E-state index >= 15 is 0 Å². The number of aryl methyl sites for hydroxylation is 1. The number of nitrogens with one attached hydrogen (secondary N) is 2. The molecule has 0 spiro atoms. The van der Waals surface area contributed by atoms with E-state index in [1.807, 2.05) is 32.9 Å². The van der Waals surface area contributed by atoms with Crippen molar-refractivity contribution in [2.24, 2.45) is 0 Å². The van der Waals surface area contributed by atoms with Gasteiger partial charge in [-0.1, -0.05) is 43.3 Å². The average Bonchev–Trinajstić information content (AvgIpc) is 3.03. The van der Waals surface area contributed by atoms with Crippen LogP contribution in [0.2, 0.25) is 0 Å². The number of hydrogen-bond donors (Lipinski definition) is 3. The number of phenolic OH excluding ortho intramolecular Hbond substituents is 1. The summed E-state index contributed by atoms with van der Waals surface area (Å²) in [6.45, 7) is 9.26. The Hall–Kier alpha value is -5.38. The highest BCUT2D eigenvalue weighted by Crippen LogP contribution is 2.42. The van der Waals surface area contributed by atoms with Gasteiger partial charge in [0.25, 0.3) is 5.91 Å². The molecule has 0 aliphatic heterocycles. The van der Waals surface area contributed by atoms with E-state index < -0.39 is 18.1 Å². The van der Waals surface area contributed by atoms with Gasteiger partial charge in [-0.2, -0.15) is 0 Å². The van der Waals surface area contributed by atoms with Crippen molar-refractivity contribution < 1.29 is 24.2 Å². The summed E-state index contributed by atoms with van der Waals surface area (Å²) in [5.74, 6) is 0.409. The number of benzene rings is 3. The number of anilines is 4. The fourth-order valence-electron chi connectivity index (χ4n) is 4.86. The van der Waals surface area contributed by atoms with E-state index in [4.69, 9.17) is 19.9 Å². The highest BCUT2D eigenvalue weighted by Gasteiger charge is 2.30. The molecule has 44 heavy (non-hydrogen) atoms. The molecule has 0 radical (unpaired) electrons. The van der Waals surface area contributed by atoms with Crippen LogP contribution < -0.4 is 19.9 Å². The van der Waals surface area contributed by atoms with E-state index in [1.165, 1.54) is 17.0 Å². The number of phenols is 1. The van der Waals surface area contributed by atoms with E-state index in [1.54, 1.807) is 67.6 Å². The lowest BCUT2D eigenvalue weighted by Crippen LogP contribution is -2.32. The van der Waals surface area contributed by atoms with Crippen molar-refractivity contribution in [1.29, 1.82) is 5.41 Å². The second kappa shape index (κ2) is 14.7. The lowest BCUT2D eigenvalue weighted by molar-refractivity contribution is 0.102. The molecule has 1 unspecified atom stereocenters. The molecule has 0 saturated carbocycles. The molecular formula is C34H37N5O5. The van der Waals surface area contributed by atoms with Crippen LogP contribution in [0.3, 0.4) is 0 Å². The number of ether oxygens (including phenoxy) is 2. The van der Waals surface area contributed by atoms with Crippen molar-refractivity contribution >= 4 is 41.3 Å². The number of para-hydroxylation sites is 1. The first-order valence-corrected chi connectivity index (χ1v) is 14.5. The maximum atomic E-state index is 14.1. The molecule has 4 rings (SSSR count). The van der Waals surface area contributed by atoms with Gasteiger partial charge < -0.3 is 24.8 Å². The molecule has 10 heteroatoms. The van der Waals surface area contributed by atoms with Gasteiger partial charge in [0.15, 0.2) is 6.40 Å². The second-order valence-corrected chi connectivity index (χ2v) is 9.86. The van der Waals surface area contributed by atoms with Crippen molar-refractivity contribution in [2.45, 2.75) is 40.2 Å². The number of aromatic nitrogens is 1. The van der Waals surface area contributed by atoms with E-state index in [0.717, 1.165) is 25.3 Å². The third-order valence-corrected chi connectivity index (χ3v) is 7.12. The summed E-state index contributed by atoms with van der Waals surface area (Å²) >= 11 is 0. The Morgan fingerprint density at radius 1 is 0.955 bits per heavy atom. The van der Waals surface area contributed by atoms with Gasteiger partial charge >= 0.3 is 6.09 Å². The zero-order chi connectivity index (χ0) is 31.6. The predicted octanol–water partition coefficient (Wildman–Crippen LogP) is 7.61. The maximum absolute atomic E-state index is 14.1. The number of rotatable bonds is 12. The highest BCUT2D eigenvalue weighted by atomic mass is 16.6. The third-order valence-electron chi connectivity index (χ3n) is 7.12. The largest absolute Gasteiger partial charge is 0.506 e. The van der Waals surface area contributed by atoms with Gasteiger partial charge in [-0.05, 0) is 75.7 Å². The monoisotopic (exact) mass is 595 g/mol. The van der Waals surface area contributed by atoms with E-state index in [9.17, 15) is 14.7 Å². The Labute approximate surface area is 257 Å². The van der Waals surface area contributed by atoms with Crippen LogP contribution in [0.15, 0.2) is 84.9 Å². The SMILES string of the molecule is CCC(OC=N)c1cc(O)c(NC(=O)c2ccccc2)cc1N(C(=O)Oc1ccccc1)c1ccc(N(CC)CC)nc1C. The Bertz CT molecular complexity index is 1590. The number of hydrogen-bond acceptors (Lipinski definition) is 8. The standard InChI is InChI=1S/C34H37N5O5/c1-5-31(43-22-35)26-20-30(40)27(37-33(41)24-14-10-8-11-15-24)21-29(26)39(34(42)44-25-16-12-9-13-17-25)28-18-19-32(36-23(28)4)38(6-2)7-3/h8-22,31,35,40H,5-7H2,1-4H3,(H,37,41). The summed E-state index contributed by atoms with van der Waals surface area (Å²) in [5, 5.41) is 21.4. The van der Waals surface area contributed by atoms with Crippen molar-refractivity contribution in [1.82, 2.24) is 4.98 Å². The summed E-state index contributed by atoms with van der Waals surface area (Å²) in [6, 6.07) is 23.8. The van der Waals surface area contributed by atoms with Crippen molar-refractivity contribution in [3.8, 4) is 11.5 Å². The minimum atomic E-state index is -0.742. The maximum Gasteiger partial charge on any atom is 0.424 e. The minimum absolute atomic E-state index is 0.0743. The molecular weight excluding hydrogens is 558 g/mol. The van der Waals surface area contributed by atoms with Crippen LogP contribution in [-0.2, 0) is 4.74 Å². The summed E-state index contributed by atoms with van der Waals surface area (Å²) in [5.41, 5.74) is 2.13. The summed E-state index contributed by atoms with van der Waals surface area (Å²) < 4.78 is 11.4. The average molecular weight is 596 g/mol. The van der Waals surface area contributed by atoms with Crippen LogP contribution in [-0.4, -0.2) is 41.6 Å². The van der Waals surface area contributed by atoms with Gasteiger partial charge in [-0.3, -0.25) is 10.2 Å². The van der Waals surface area contributed by atoms with E-state index in [0.29, 0.717) is 34.7 Å². The first-order chi connectivity index (χ1) is 21.3. The van der Waals surface area contributed by atoms with Crippen molar-refractivity contribution in [3.63, 3.8) is 0 Å². The van der Waals surface area contributed by atoms with Crippen LogP contribution >= 0.6 is 0 Å². The molecule has 1 heterocycles. The molecule has 0 bridgehead atoms. The summed E-state index contributed by atoms with van der Waals surface area (Å²) in [7, 11) is 0. The van der Waals surface area contributed by atoms with Gasteiger partial charge in [0, 0.05) is 24.2 Å². The molecule has 228 valence electrons. The van der Waals surface area contributed by atoms with Crippen LogP contribution in [0.25, 0.3) is 0 Å². The normalized spacial score (nSPS) is 11.3. The predicted molar refractivity (Wildman–Crippen MR) is 173 cm³/mol. The molecule has 0 aliphatic carbocycles. The van der Waals surface area contributed by atoms with Gasteiger partial charge in [0.1, 0.15) is 23.4 Å².